The number of benzene rings is 1. The van der Waals surface area contributed by atoms with E-state index in [0.29, 0.717) is 26.1 Å². The van der Waals surface area contributed by atoms with Gasteiger partial charge in [0.1, 0.15) is 22.7 Å². The van der Waals surface area contributed by atoms with E-state index in [2.05, 4.69) is 20.3 Å². The van der Waals surface area contributed by atoms with Crippen LogP contribution in [-0.2, 0) is 24.2 Å². The Labute approximate surface area is 196 Å². The summed E-state index contributed by atoms with van der Waals surface area (Å²) in [5, 5.41) is 13.8. The minimum atomic E-state index is -0.0578. The van der Waals surface area contributed by atoms with Gasteiger partial charge in [-0.25, -0.2) is 9.97 Å². The fraction of sp³-hybridized carbons (Fsp3) is 0.417. The van der Waals surface area contributed by atoms with Crippen molar-refractivity contribution in [3.63, 3.8) is 0 Å². The summed E-state index contributed by atoms with van der Waals surface area (Å²) in [7, 11) is 1.66. The van der Waals surface area contributed by atoms with Crippen molar-refractivity contribution in [2.24, 2.45) is 10.9 Å². The van der Waals surface area contributed by atoms with E-state index in [0.717, 1.165) is 51.4 Å². The average Bonchev–Trinajstić information content (AvgIpc) is 3.45. The van der Waals surface area contributed by atoms with E-state index in [-0.39, 0.29) is 18.4 Å². The molecule has 0 saturated heterocycles. The molecule has 0 radical (unpaired) electrons. The first-order valence-electron chi connectivity index (χ1n) is 11.3. The number of aliphatic hydroxyl groups is 1. The number of carbonyl (C=O) groups excluding carboxylic acids is 1. The number of hydrogen-bond acceptors (Lipinski definition) is 8. The highest BCUT2D eigenvalue weighted by Crippen LogP contribution is 2.42. The molecule has 2 N–H and O–H groups in total. The highest BCUT2D eigenvalue weighted by atomic mass is 32.1. The number of anilines is 2. The highest BCUT2D eigenvalue weighted by Gasteiger charge is 2.31. The normalized spacial score (nSPS) is 16.5. The molecular formula is C24H27N5O3S. The quantitative estimate of drug-likeness (QED) is 0.555. The van der Waals surface area contributed by atoms with E-state index in [9.17, 15) is 9.90 Å². The lowest BCUT2D eigenvalue weighted by Crippen LogP contribution is -2.39. The zero-order valence-corrected chi connectivity index (χ0v) is 19.6. The zero-order valence-electron chi connectivity index (χ0n) is 18.8. The number of thiophene rings is 1. The number of aliphatic imine (C=N–C) groups is 1. The van der Waals surface area contributed by atoms with Crippen LogP contribution in [-0.4, -0.2) is 58.9 Å². The summed E-state index contributed by atoms with van der Waals surface area (Å²) < 4.78 is 5.62. The second kappa shape index (κ2) is 9.07. The molecule has 0 spiro atoms. The van der Waals surface area contributed by atoms with Gasteiger partial charge in [-0.1, -0.05) is 0 Å². The zero-order chi connectivity index (χ0) is 22.9. The smallest absolute Gasteiger partial charge is 0.226 e. The number of nitrogens with zero attached hydrogens (tertiary/aromatic N) is 4. The molecule has 2 aliphatic rings. The van der Waals surface area contributed by atoms with Crippen LogP contribution < -0.4 is 10.1 Å². The second-order valence-corrected chi connectivity index (χ2v) is 9.42. The molecule has 1 amide bonds. The molecule has 3 heterocycles. The Kier molecular flexibility index (Phi) is 5.99. The number of hydrogen-bond donors (Lipinski definition) is 2. The first kappa shape index (κ1) is 21.8. The van der Waals surface area contributed by atoms with Crippen molar-refractivity contribution in [2.75, 3.05) is 32.1 Å². The third-order valence-corrected chi connectivity index (χ3v) is 7.63. The molecule has 1 aromatic carbocycles. The number of fused-ring (bicyclic) bond motifs is 4. The number of methoxy groups -OCH3 is 1. The van der Waals surface area contributed by atoms with E-state index >= 15 is 0 Å². The lowest BCUT2D eigenvalue weighted by molar-refractivity contribution is -0.136. The SMILES string of the molecule is CCN(CCO)C(=O)C1CCc2c(sc3ncnc(Nc4cc5c(cc4OC)CN=C5)c23)C1. The Balaban J connectivity index is 1.47. The Morgan fingerprint density at radius 3 is 3.03 bits per heavy atom. The van der Waals surface area contributed by atoms with Gasteiger partial charge in [-0.2, -0.15) is 0 Å². The first-order chi connectivity index (χ1) is 16.1. The van der Waals surface area contributed by atoms with Gasteiger partial charge in [0.2, 0.25) is 5.91 Å². The fourth-order valence-corrected chi connectivity index (χ4v) is 6.02. The van der Waals surface area contributed by atoms with Gasteiger partial charge in [-0.3, -0.25) is 9.79 Å². The van der Waals surface area contributed by atoms with Crippen LogP contribution in [0.5, 0.6) is 5.75 Å². The van der Waals surface area contributed by atoms with Crippen molar-refractivity contribution < 1.29 is 14.6 Å². The van der Waals surface area contributed by atoms with Crippen LogP contribution in [0.25, 0.3) is 10.2 Å². The standard InChI is InChI=1S/C24H27N5O3S/c1-3-29(6-7-30)24(31)14-4-5-17-20(10-14)33-23-21(17)22(26-13-27-23)28-18-8-15-11-25-12-16(15)9-19(18)32-2/h8-9,11,13-14,30H,3-7,10,12H2,1-2H3,(H,26,27,28). The van der Waals surface area contributed by atoms with Gasteiger partial charge >= 0.3 is 0 Å². The second-order valence-electron chi connectivity index (χ2n) is 8.33. The number of aliphatic hydroxyl groups excluding tert-OH is 1. The summed E-state index contributed by atoms with van der Waals surface area (Å²) in [6.45, 7) is 3.62. The number of ether oxygens (including phenoxy) is 1. The fourth-order valence-electron chi connectivity index (χ4n) is 4.75. The molecule has 9 heteroatoms. The van der Waals surface area contributed by atoms with Crippen molar-refractivity contribution in [3.05, 3.63) is 40.0 Å². The maximum atomic E-state index is 13.0. The molecule has 5 rings (SSSR count). The summed E-state index contributed by atoms with van der Waals surface area (Å²) in [5.74, 6) is 1.58. The number of aromatic nitrogens is 2. The van der Waals surface area contributed by atoms with Crippen LogP contribution in [0.2, 0.25) is 0 Å². The molecule has 0 fully saturated rings. The Bertz CT molecular complexity index is 1240. The Morgan fingerprint density at radius 2 is 2.24 bits per heavy atom. The average molecular weight is 466 g/mol. The lowest BCUT2D eigenvalue weighted by Gasteiger charge is -2.28. The molecule has 8 nitrogen and oxygen atoms in total. The van der Waals surface area contributed by atoms with Crippen molar-refractivity contribution in [2.45, 2.75) is 32.7 Å². The third kappa shape index (κ3) is 3.95. The number of rotatable bonds is 7. The van der Waals surface area contributed by atoms with Crippen LogP contribution in [0.3, 0.4) is 0 Å². The van der Waals surface area contributed by atoms with Gasteiger partial charge in [0.25, 0.3) is 0 Å². The van der Waals surface area contributed by atoms with Crippen LogP contribution >= 0.6 is 11.3 Å². The topological polar surface area (TPSA) is 99.9 Å². The van der Waals surface area contributed by atoms with E-state index in [1.165, 1.54) is 10.4 Å². The molecule has 0 bridgehead atoms. The Hall–Kier alpha value is -3.04. The summed E-state index contributed by atoms with van der Waals surface area (Å²) in [5.41, 5.74) is 4.31. The largest absolute Gasteiger partial charge is 0.495 e. The predicted octanol–water partition coefficient (Wildman–Crippen LogP) is 3.32. The van der Waals surface area contributed by atoms with Gasteiger partial charge in [-0.05, 0) is 55.0 Å². The van der Waals surface area contributed by atoms with Gasteiger partial charge in [-0.15, -0.1) is 11.3 Å². The van der Waals surface area contributed by atoms with E-state index < -0.39 is 0 Å². The van der Waals surface area contributed by atoms with E-state index in [1.807, 2.05) is 25.3 Å². The highest BCUT2D eigenvalue weighted by molar-refractivity contribution is 7.19. The molecular weight excluding hydrogens is 438 g/mol. The van der Waals surface area contributed by atoms with Crippen LogP contribution in [0.15, 0.2) is 23.5 Å². The molecule has 33 heavy (non-hydrogen) atoms. The molecule has 1 aliphatic heterocycles. The molecule has 0 saturated carbocycles. The van der Waals surface area contributed by atoms with E-state index in [4.69, 9.17) is 4.74 Å². The van der Waals surface area contributed by atoms with Crippen molar-refractivity contribution in [1.29, 1.82) is 0 Å². The molecule has 172 valence electrons. The molecule has 1 aliphatic carbocycles. The van der Waals surface area contributed by atoms with Gasteiger partial charge in [0.05, 0.1) is 31.3 Å². The van der Waals surface area contributed by atoms with Crippen molar-refractivity contribution in [3.8, 4) is 5.75 Å². The van der Waals surface area contributed by atoms with Gasteiger partial charge < -0.3 is 20.1 Å². The van der Waals surface area contributed by atoms with E-state index in [1.54, 1.807) is 29.7 Å². The minimum Gasteiger partial charge on any atom is -0.495 e. The number of amides is 1. The molecule has 2 aromatic heterocycles. The third-order valence-electron chi connectivity index (χ3n) is 6.46. The lowest BCUT2D eigenvalue weighted by atomic mass is 9.87. The molecule has 1 atom stereocenters. The maximum Gasteiger partial charge on any atom is 0.226 e. The van der Waals surface area contributed by atoms with Crippen LogP contribution in [0, 0.1) is 5.92 Å². The molecule has 1 unspecified atom stereocenters. The number of likely N-dealkylation sites (N-methyl/N-ethyl adjacent to an activating group) is 1. The minimum absolute atomic E-state index is 0.0108. The van der Waals surface area contributed by atoms with Gasteiger partial charge in [0, 0.05) is 30.1 Å². The van der Waals surface area contributed by atoms with Crippen LogP contribution in [0.1, 0.15) is 34.9 Å². The summed E-state index contributed by atoms with van der Waals surface area (Å²) in [6.07, 6.45) is 5.76. The summed E-state index contributed by atoms with van der Waals surface area (Å²) in [4.78, 5) is 30.3. The predicted molar refractivity (Wildman–Crippen MR) is 130 cm³/mol. The first-order valence-corrected chi connectivity index (χ1v) is 12.1. The van der Waals surface area contributed by atoms with Gasteiger partial charge in [0.15, 0.2) is 0 Å². The number of aryl methyl sites for hydroxylation is 1. The Morgan fingerprint density at radius 1 is 1.36 bits per heavy atom. The maximum absolute atomic E-state index is 13.0. The summed E-state index contributed by atoms with van der Waals surface area (Å²) in [6, 6.07) is 4.07. The monoisotopic (exact) mass is 465 g/mol. The number of carbonyl (C=O) groups is 1. The molecule has 3 aromatic rings. The number of nitrogens with one attached hydrogen (secondary N) is 1. The van der Waals surface area contributed by atoms with Crippen LogP contribution in [0.4, 0.5) is 11.5 Å². The van der Waals surface area contributed by atoms with Crippen molar-refractivity contribution in [1.82, 2.24) is 14.9 Å². The van der Waals surface area contributed by atoms with Crippen molar-refractivity contribution >= 4 is 45.2 Å². The summed E-state index contributed by atoms with van der Waals surface area (Å²) >= 11 is 1.64.